The highest BCUT2D eigenvalue weighted by atomic mass is 35.5. The van der Waals surface area contributed by atoms with Crippen molar-refractivity contribution >= 4 is 39.1 Å². The van der Waals surface area contributed by atoms with Gasteiger partial charge in [-0.25, -0.2) is 8.42 Å². The third-order valence-corrected chi connectivity index (χ3v) is 8.13. The summed E-state index contributed by atoms with van der Waals surface area (Å²) in [5.74, 6) is -0.879. The summed E-state index contributed by atoms with van der Waals surface area (Å²) in [6.07, 6.45) is 0.0978. The molecule has 7 nitrogen and oxygen atoms in total. The molecule has 0 bridgehead atoms. The van der Waals surface area contributed by atoms with Crippen LogP contribution in [0.5, 0.6) is 0 Å². The normalized spacial score (nSPS) is 17.6. The van der Waals surface area contributed by atoms with Crippen molar-refractivity contribution in [2.24, 2.45) is 5.92 Å². The SMILES string of the molecule is CCN(CC)S(=O)(=O)c1ccc(N2CC(C(=O)NC(C)c3ccccc3Cl)CC2=O)cc1. The van der Waals surface area contributed by atoms with Crippen LogP contribution in [0.15, 0.2) is 53.4 Å². The number of nitrogens with zero attached hydrogens (tertiary/aromatic N) is 2. The van der Waals surface area contributed by atoms with Gasteiger partial charge in [0.25, 0.3) is 0 Å². The second-order valence-electron chi connectivity index (χ2n) is 7.74. The minimum Gasteiger partial charge on any atom is -0.349 e. The van der Waals surface area contributed by atoms with E-state index in [9.17, 15) is 18.0 Å². The molecule has 1 aliphatic rings. The first-order valence-electron chi connectivity index (χ1n) is 10.6. The minimum atomic E-state index is -3.57. The lowest BCUT2D eigenvalue weighted by molar-refractivity contribution is -0.126. The fourth-order valence-electron chi connectivity index (χ4n) is 3.88. The van der Waals surface area contributed by atoms with Crippen LogP contribution < -0.4 is 10.2 Å². The van der Waals surface area contributed by atoms with Gasteiger partial charge in [-0.2, -0.15) is 4.31 Å². The number of rotatable bonds is 8. The Morgan fingerprint density at radius 2 is 1.78 bits per heavy atom. The molecule has 0 spiro atoms. The quantitative estimate of drug-likeness (QED) is 0.629. The molecule has 2 unspecified atom stereocenters. The zero-order chi connectivity index (χ0) is 23.5. The van der Waals surface area contributed by atoms with Crippen LogP contribution in [0.1, 0.15) is 38.8 Å². The number of amides is 2. The summed E-state index contributed by atoms with van der Waals surface area (Å²) in [5.41, 5.74) is 1.39. The van der Waals surface area contributed by atoms with Crippen LogP contribution >= 0.6 is 11.6 Å². The van der Waals surface area contributed by atoms with Crippen LogP contribution in [0, 0.1) is 5.92 Å². The number of anilines is 1. The Hall–Kier alpha value is -2.42. The zero-order valence-electron chi connectivity index (χ0n) is 18.4. The van der Waals surface area contributed by atoms with Gasteiger partial charge in [-0.05, 0) is 42.8 Å². The summed E-state index contributed by atoms with van der Waals surface area (Å²) in [4.78, 5) is 27.1. The lowest BCUT2D eigenvalue weighted by Crippen LogP contribution is -2.34. The van der Waals surface area contributed by atoms with Crippen molar-refractivity contribution in [1.29, 1.82) is 0 Å². The van der Waals surface area contributed by atoms with Crippen molar-refractivity contribution in [2.75, 3.05) is 24.5 Å². The lowest BCUT2D eigenvalue weighted by atomic mass is 10.0. The second-order valence-corrected chi connectivity index (χ2v) is 10.1. The topological polar surface area (TPSA) is 86.8 Å². The summed E-state index contributed by atoms with van der Waals surface area (Å²) in [6, 6.07) is 13.2. The minimum absolute atomic E-state index is 0.0978. The smallest absolute Gasteiger partial charge is 0.243 e. The largest absolute Gasteiger partial charge is 0.349 e. The van der Waals surface area contributed by atoms with Gasteiger partial charge < -0.3 is 10.2 Å². The van der Waals surface area contributed by atoms with Crippen molar-refractivity contribution in [3.63, 3.8) is 0 Å². The van der Waals surface area contributed by atoms with Gasteiger partial charge in [-0.3, -0.25) is 9.59 Å². The van der Waals surface area contributed by atoms with Crippen LogP contribution in [-0.4, -0.2) is 44.2 Å². The molecular formula is C23H28ClN3O4S. The average Bonchev–Trinajstić information content (AvgIpc) is 3.16. The second kappa shape index (κ2) is 10.0. The Morgan fingerprint density at radius 3 is 2.38 bits per heavy atom. The molecule has 172 valence electrons. The van der Waals surface area contributed by atoms with E-state index in [1.165, 1.54) is 21.3 Å². The van der Waals surface area contributed by atoms with E-state index in [4.69, 9.17) is 11.6 Å². The number of benzene rings is 2. The van der Waals surface area contributed by atoms with Gasteiger partial charge in [0.2, 0.25) is 21.8 Å². The van der Waals surface area contributed by atoms with E-state index >= 15 is 0 Å². The van der Waals surface area contributed by atoms with Gasteiger partial charge in [0.05, 0.1) is 16.9 Å². The molecule has 2 aromatic rings. The number of sulfonamides is 1. The zero-order valence-corrected chi connectivity index (χ0v) is 20.0. The van der Waals surface area contributed by atoms with Gasteiger partial charge >= 0.3 is 0 Å². The van der Waals surface area contributed by atoms with Gasteiger partial charge in [-0.1, -0.05) is 43.6 Å². The highest BCUT2D eigenvalue weighted by Crippen LogP contribution is 2.28. The molecule has 2 amide bonds. The standard InChI is InChI=1S/C23H28ClN3O4S/c1-4-26(5-2)32(30,31)19-12-10-18(11-13-19)27-15-17(14-22(27)28)23(29)25-16(3)20-8-6-7-9-21(20)24/h6-13,16-17H,4-5,14-15H2,1-3H3,(H,25,29). The molecule has 0 aliphatic carbocycles. The molecule has 0 saturated carbocycles. The van der Waals surface area contributed by atoms with E-state index in [0.717, 1.165) is 5.56 Å². The maximum absolute atomic E-state index is 12.8. The number of halogens is 1. The van der Waals surface area contributed by atoms with Crippen LogP contribution in [0.25, 0.3) is 0 Å². The molecule has 1 N–H and O–H groups in total. The predicted molar refractivity (Wildman–Crippen MR) is 125 cm³/mol. The third-order valence-electron chi connectivity index (χ3n) is 5.72. The number of hydrogen-bond donors (Lipinski definition) is 1. The Labute approximate surface area is 194 Å². The molecule has 2 aromatic carbocycles. The Morgan fingerprint density at radius 1 is 1.16 bits per heavy atom. The molecule has 32 heavy (non-hydrogen) atoms. The Kier molecular flexibility index (Phi) is 7.59. The molecule has 1 fully saturated rings. The van der Waals surface area contributed by atoms with E-state index in [0.29, 0.717) is 23.8 Å². The highest BCUT2D eigenvalue weighted by Gasteiger charge is 2.36. The Bertz CT molecular complexity index is 1080. The van der Waals surface area contributed by atoms with Gasteiger partial charge in [0.1, 0.15) is 0 Å². The van der Waals surface area contributed by atoms with E-state index in [-0.39, 0.29) is 35.7 Å². The molecule has 0 radical (unpaired) electrons. The van der Waals surface area contributed by atoms with Crippen molar-refractivity contribution in [2.45, 2.75) is 38.1 Å². The molecular weight excluding hydrogens is 450 g/mol. The van der Waals surface area contributed by atoms with Gasteiger partial charge in [-0.15, -0.1) is 0 Å². The summed E-state index contributed by atoms with van der Waals surface area (Å²) in [5, 5.41) is 3.51. The number of nitrogens with one attached hydrogen (secondary N) is 1. The van der Waals surface area contributed by atoms with E-state index < -0.39 is 15.9 Å². The molecule has 2 atom stereocenters. The van der Waals surface area contributed by atoms with Crippen LogP contribution in [0.3, 0.4) is 0 Å². The van der Waals surface area contributed by atoms with Crippen LogP contribution in [-0.2, 0) is 19.6 Å². The van der Waals surface area contributed by atoms with Gasteiger partial charge in [0, 0.05) is 36.8 Å². The first kappa shape index (κ1) is 24.2. The van der Waals surface area contributed by atoms with Crippen molar-refractivity contribution in [3.05, 3.63) is 59.1 Å². The number of carbonyl (C=O) groups excluding carboxylic acids is 2. The molecule has 9 heteroatoms. The third kappa shape index (κ3) is 4.98. The predicted octanol–water partition coefficient (Wildman–Crippen LogP) is 3.60. The van der Waals surface area contributed by atoms with Crippen LogP contribution in [0.4, 0.5) is 5.69 Å². The number of hydrogen-bond acceptors (Lipinski definition) is 4. The fourth-order valence-corrected chi connectivity index (χ4v) is 5.64. The van der Waals surface area contributed by atoms with E-state index in [2.05, 4.69) is 5.32 Å². The first-order valence-corrected chi connectivity index (χ1v) is 12.5. The maximum atomic E-state index is 12.8. The molecule has 0 aromatic heterocycles. The average molecular weight is 478 g/mol. The summed E-state index contributed by atoms with van der Waals surface area (Å²) in [7, 11) is -3.57. The fraction of sp³-hybridized carbons (Fsp3) is 0.391. The van der Waals surface area contributed by atoms with E-state index in [1.54, 1.807) is 32.0 Å². The van der Waals surface area contributed by atoms with Crippen LogP contribution in [0.2, 0.25) is 5.02 Å². The van der Waals surface area contributed by atoms with Crippen molar-refractivity contribution in [3.8, 4) is 0 Å². The summed E-state index contributed by atoms with van der Waals surface area (Å²) >= 11 is 6.21. The Balaban J connectivity index is 1.69. The lowest BCUT2D eigenvalue weighted by Gasteiger charge is -2.21. The van der Waals surface area contributed by atoms with E-state index in [1.807, 2.05) is 25.1 Å². The first-order chi connectivity index (χ1) is 15.2. The number of carbonyl (C=O) groups is 2. The van der Waals surface area contributed by atoms with Crippen molar-refractivity contribution < 1.29 is 18.0 Å². The maximum Gasteiger partial charge on any atom is 0.243 e. The van der Waals surface area contributed by atoms with Crippen molar-refractivity contribution in [1.82, 2.24) is 9.62 Å². The monoisotopic (exact) mass is 477 g/mol. The molecule has 1 aliphatic heterocycles. The molecule has 3 rings (SSSR count). The molecule has 1 heterocycles. The summed E-state index contributed by atoms with van der Waals surface area (Å²) < 4.78 is 26.7. The molecule has 1 saturated heterocycles. The summed E-state index contributed by atoms with van der Waals surface area (Å²) in [6.45, 7) is 6.43. The highest BCUT2D eigenvalue weighted by molar-refractivity contribution is 7.89. The van der Waals surface area contributed by atoms with Gasteiger partial charge in [0.15, 0.2) is 0 Å².